The Bertz CT molecular complexity index is 1290. The second-order valence-corrected chi connectivity index (χ2v) is 8.09. The predicted molar refractivity (Wildman–Crippen MR) is 119 cm³/mol. The smallest absolute Gasteiger partial charge is 0.266 e. The molecule has 8 heteroatoms. The maximum atomic E-state index is 11.5. The highest BCUT2D eigenvalue weighted by Crippen LogP contribution is 2.28. The third-order valence-corrected chi connectivity index (χ3v) is 5.56. The highest BCUT2D eigenvalue weighted by atomic mass is 35.5. The number of aromatic nitrogens is 4. The van der Waals surface area contributed by atoms with E-state index >= 15 is 0 Å². The summed E-state index contributed by atoms with van der Waals surface area (Å²) < 4.78 is 5.59. The minimum absolute atomic E-state index is 0.0964. The van der Waals surface area contributed by atoms with Crippen LogP contribution >= 0.6 is 11.6 Å². The van der Waals surface area contributed by atoms with Crippen molar-refractivity contribution in [1.82, 2.24) is 25.4 Å². The minimum atomic E-state index is -0.347. The number of nitrogens with one attached hydrogen (secondary N) is 2. The lowest BCUT2D eigenvalue weighted by atomic mass is 10.1. The zero-order chi connectivity index (χ0) is 21.4. The molecular formula is C23H20ClN5O2. The lowest BCUT2D eigenvalue weighted by Crippen LogP contribution is -2.14. The van der Waals surface area contributed by atoms with Gasteiger partial charge >= 0.3 is 0 Å². The van der Waals surface area contributed by atoms with Gasteiger partial charge in [0.05, 0.1) is 17.6 Å². The van der Waals surface area contributed by atoms with Crippen LogP contribution in [0.5, 0.6) is 0 Å². The van der Waals surface area contributed by atoms with Crippen LogP contribution in [-0.2, 0) is 6.54 Å². The molecule has 156 valence electrons. The molecule has 31 heavy (non-hydrogen) atoms. The summed E-state index contributed by atoms with van der Waals surface area (Å²) in [5.74, 6) is 0.525. The van der Waals surface area contributed by atoms with Gasteiger partial charge in [-0.25, -0.2) is 4.98 Å². The number of aryl methyl sites for hydroxylation is 1. The normalized spacial score (nSPS) is 13.5. The second-order valence-electron chi connectivity index (χ2n) is 7.68. The monoisotopic (exact) mass is 433 g/mol. The molecule has 3 aromatic heterocycles. The Morgan fingerprint density at radius 2 is 1.97 bits per heavy atom. The first kappa shape index (κ1) is 19.7. The Labute approximate surface area is 183 Å². The summed E-state index contributed by atoms with van der Waals surface area (Å²) in [6, 6.07) is 12.4. The molecule has 7 nitrogen and oxygen atoms in total. The molecular weight excluding hydrogens is 414 g/mol. The predicted octanol–water partition coefficient (Wildman–Crippen LogP) is 4.37. The van der Waals surface area contributed by atoms with Crippen molar-refractivity contribution >= 4 is 11.6 Å². The molecule has 0 aliphatic heterocycles. The lowest BCUT2D eigenvalue weighted by Gasteiger charge is -2.05. The number of benzene rings is 1. The Kier molecular flexibility index (Phi) is 5.13. The Balaban J connectivity index is 1.41. The zero-order valence-corrected chi connectivity index (χ0v) is 17.6. The number of pyridine rings is 1. The molecule has 0 atom stereocenters. The fourth-order valence-electron chi connectivity index (χ4n) is 3.29. The van der Waals surface area contributed by atoms with E-state index in [2.05, 4.69) is 37.6 Å². The van der Waals surface area contributed by atoms with E-state index in [1.165, 1.54) is 18.4 Å². The van der Waals surface area contributed by atoms with Gasteiger partial charge in [-0.1, -0.05) is 41.0 Å². The van der Waals surface area contributed by atoms with Crippen LogP contribution in [0.3, 0.4) is 0 Å². The summed E-state index contributed by atoms with van der Waals surface area (Å²) in [6.07, 6.45) is 5.74. The molecule has 2 N–H and O–H groups in total. The molecule has 1 fully saturated rings. The van der Waals surface area contributed by atoms with E-state index in [9.17, 15) is 4.79 Å². The van der Waals surface area contributed by atoms with Crippen LogP contribution in [0.2, 0.25) is 5.02 Å². The SMILES string of the molecule is Cc1ncc(-c2c[nH]c(=O)c(Cl)c2)nc1-c1cc(-c2ccc(CNC3CC3)cc2)no1. The third-order valence-electron chi connectivity index (χ3n) is 5.27. The first-order chi connectivity index (χ1) is 15.1. The molecule has 0 saturated heterocycles. The maximum absolute atomic E-state index is 11.5. The van der Waals surface area contributed by atoms with Gasteiger partial charge in [0.1, 0.15) is 16.4 Å². The maximum Gasteiger partial charge on any atom is 0.266 e. The average molecular weight is 434 g/mol. The standard InChI is InChI=1S/C23H20ClN5O2/c1-13-22(28-20(12-25-13)16-8-18(24)23(30)27-11-16)21-9-19(29-31-21)15-4-2-14(3-5-15)10-26-17-6-7-17/h2-5,8-9,11-12,17,26H,6-7,10H2,1H3,(H,27,30). The quantitative estimate of drug-likeness (QED) is 0.468. The number of hydrogen-bond donors (Lipinski definition) is 2. The number of H-pyrrole nitrogens is 1. The number of aromatic amines is 1. The van der Waals surface area contributed by atoms with Gasteiger partial charge in [-0.05, 0) is 31.4 Å². The van der Waals surface area contributed by atoms with Gasteiger partial charge in [0, 0.05) is 36.0 Å². The van der Waals surface area contributed by atoms with Crippen molar-refractivity contribution in [3.63, 3.8) is 0 Å². The molecule has 3 heterocycles. The van der Waals surface area contributed by atoms with Crippen molar-refractivity contribution in [3.05, 3.63) is 75.4 Å². The first-order valence-electron chi connectivity index (χ1n) is 10.1. The Morgan fingerprint density at radius 3 is 2.71 bits per heavy atom. The van der Waals surface area contributed by atoms with Crippen LogP contribution in [0.15, 0.2) is 58.1 Å². The van der Waals surface area contributed by atoms with Gasteiger partial charge in [-0.2, -0.15) is 0 Å². The topological polar surface area (TPSA) is 96.7 Å². The summed E-state index contributed by atoms with van der Waals surface area (Å²) in [6.45, 7) is 2.74. The number of nitrogens with zero attached hydrogens (tertiary/aromatic N) is 3. The molecule has 1 aliphatic rings. The van der Waals surface area contributed by atoms with Crippen molar-refractivity contribution in [3.8, 4) is 34.0 Å². The van der Waals surface area contributed by atoms with E-state index in [1.54, 1.807) is 18.5 Å². The lowest BCUT2D eigenvalue weighted by molar-refractivity contribution is 0.433. The van der Waals surface area contributed by atoms with Crippen LogP contribution in [0.25, 0.3) is 34.0 Å². The van der Waals surface area contributed by atoms with E-state index in [4.69, 9.17) is 16.1 Å². The fourth-order valence-corrected chi connectivity index (χ4v) is 3.46. The van der Waals surface area contributed by atoms with Gasteiger partial charge in [0.15, 0.2) is 5.76 Å². The van der Waals surface area contributed by atoms with Crippen molar-refractivity contribution in [2.45, 2.75) is 32.4 Å². The molecule has 0 unspecified atom stereocenters. The Hall–Kier alpha value is -3.29. The number of rotatable bonds is 6. The molecule has 1 aromatic carbocycles. The van der Waals surface area contributed by atoms with E-state index in [0.717, 1.165) is 17.8 Å². The Morgan fingerprint density at radius 1 is 1.16 bits per heavy atom. The van der Waals surface area contributed by atoms with Crippen molar-refractivity contribution in [1.29, 1.82) is 0 Å². The average Bonchev–Trinajstić information content (AvgIpc) is 3.49. The molecule has 5 rings (SSSR count). The van der Waals surface area contributed by atoms with Crippen LogP contribution in [0.1, 0.15) is 24.1 Å². The molecule has 4 aromatic rings. The summed E-state index contributed by atoms with van der Waals surface area (Å²) in [5, 5.41) is 7.83. The van der Waals surface area contributed by atoms with Crippen molar-refractivity contribution in [2.24, 2.45) is 0 Å². The van der Waals surface area contributed by atoms with E-state index in [-0.39, 0.29) is 10.6 Å². The first-order valence-corrected chi connectivity index (χ1v) is 10.5. The van der Waals surface area contributed by atoms with E-state index in [0.29, 0.717) is 34.4 Å². The highest BCUT2D eigenvalue weighted by molar-refractivity contribution is 6.30. The van der Waals surface area contributed by atoms with Crippen LogP contribution < -0.4 is 10.9 Å². The van der Waals surface area contributed by atoms with Crippen LogP contribution in [0, 0.1) is 6.92 Å². The molecule has 0 radical (unpaired) electrons. The van der Waals surface area contributed by atoms with Gasteiger partial charge in [0.2, 0.25) is 0 Å². The third kappa shape index (κ3) is 4.28. The largest absolute Gasteiger partial charge is 0.354 e. The molecule has 0 spiro atoms. The zero-order valence-electron chi connectivity index (χ0n) is 16.9. The van der Waals surface area contributed by atoms with Crippen LogP contribution in [-0.4, -0.2) is 26.2 Å². The van der Waals surface area contributed by atoms with Gasteiger partial charge in [0.25, 0.3) is 5.56 Å². The minimum Gasteiger partial charge on any atom is -0.354 e. The van der Waals surface area contributed by atoms with Crippen molar-refractivity contribution in [2.75, 3.05) is 0 Å². The summed E-state index contributed by atoms with van der Waals surface area (Å²) >= 11 is 5.95. The van der Waals surface area contributed by atoms with Gasteiger partial charge in [-0.15, -0.1) is 0 Å². The summed E-state index contributed by atoms with van der Waals surface area (Å²) in [4.78, 5) is 23.2. The second kappa shape index (κ2) is 8.09. The molecule has 0 bridgehead atoms. The van der Waals surface area contributed by atoms with E-state index in [1.807, 2.05) is 25.1 Å². The molecule has 1 aliphatic carbocycles. The number of hydrogen-bond acceptors (Lipinski definition) is 6. The van der Waals surface area contributed by atoms with Gasteiger partial charge in [-0.3, -0.25) is 9.78 Å². The molecule has 1 saturated carbocycles. The number of halogens is 1. The summed E-state index contributed by atoms with van der Waals surface area (Å²) in [7, 11) is 0. The van der Waals surface area contributed by atoms with E-state index < -0.39 is 0 Å². The van der Waals surface area contributed by atoms with Gasteiger partial charge < -0.3 is 14.8 Å². The van der Waals surface area contributed by atoms with Crippen LogP contribution in [0.4, 0.5) is 0 Å². The van der Waals surface area contributed by atoms with Crippen molar-refractivity contribution < 1.29 is 4.52 Å². The summed E-state index contributed by atoms with van der Waals surface area (Å²) in [5.41, 5.74) is 5.13. The highest BCUT2D eigenvalue weighted by Gasteiger charge is 2.20. The fraction of sp³-hybridized carbons (Fsp3) is 0.217. The molecule has 0 amide bonds.